The Balaban J connectivity index is 1.64. The highest BCUT2D eigenvalue weighted by molar-refractivity contribution is 7.15. The molecule has 0 saturated carbocycles. The van der Waals surface area contributed by atoms with Crippen molar-refractivity contribution in [1.29, 1.82) is 0 Å². The molecule has 0 spiro atoms. The number of anilines is 1. The zero-order chi connectivity index (χ0) is 16.2. The molecule has 0 aliphatic heterocycles. The van der Waals surface area contributed by atoms with Crippen molar-refractivity contribution in [1.82, 2.24) is 14.5 Å². The van der Waals surface area contributed by atoms with Crippen molar-refractivity contribution in [3.05, 3.63) is 65.2 Å². The second-order valence-electron chi connectivity index (χ2n) is 5.47. The minimum absolute atomic E-state index is 0.0977. The maximum Gasteiger partial charge on any atom is 0.248 e. The summed E-state index contributed by atoms with van der Waals surface area (Å²) in [4.78, 5) is 21.6. The van der Waals surface area contributed by atoms with Gasteiger partial charge in [-0.05, 0) is 19.4 Å². The number of hydrogen-bond acceptors (Lipinski definition) is 4. The molecule has 0 radical (unpaired) electrons. The molecule has 3 rings (SSSR count). The summed E-state index contributed by atoms with van der Waals surface area (Å²) in [7, 11) is 0. The summed E-state index contributed by atoms with van der Waals surface area (Å²) in [6.45, 7) is 3.91. The van der Waals surface area contributed by atoms with Gasteiger partial charge in [0.15, 0.2) is 5.13 Å². The number of carbonyl (C=O) groups is 1. The Morgan fingerprint density at radius 2 is 2.30 bits per heavy atom. The van der Waals surface area contributed by atoms with Gasteiger partial charge in [0.05, 0.1) is 6.33 Å². The third-order valence-corrected chi connectivity index (χ3v) is 4.51. The summed E-state index contributed by atoms with van der Waals surface area (Å²) in [5, 5.41) is 3.50. The molecule has 0 aliphatic rings. The van der Waals surface area contributed by atoms with Crippen molar-refractivity contribution in [2.45, 2.75) is 26.3 Å². The Labute approximate surface area is 139 Å². The first-order valence-corrected chi connectivity index (χ1v) is 8.22. The standard InChI is InChI=1S/C17H18N4OS/c1-12-4-3-5-14(8-12)9-15-10-19-17(23-15)20-16(22)13(2)21-7-6-18-11-21/h3-8,10-11,13H,9H2,1-2H3,(H,19,20,22)/t13-/m1/s1. The molecule has 6 heteroatoms. The number of aromatic nitrogens is 3. The lowest BCUT2D eigenvalue weighted by Gasteiger charge is -2.11. The summed E-state index contributed by atoms with van der Waals surface area (Å²) in [5.74, 6) is -0.0977. The zero-order valence-corrected chi connectivity index (χ0v) is 13.9. The van der Waals surface area contributed by atoms with Gasteiger partial charge in [-0.2, -0.15) is 0 Å². The number of amides is 1. The van der Waals surface area contributed by atoms with Crippen LogP contribution in [0.25, 0.3) is 0 Å². The quantitative estimate of drug-likeness (QED) is 0.781. The van der Waals surface area contributed by atoms with Crippen LogP contribution < -0.4 is 5.32 Å². The van der Waals surface area contributed by atoms with Gasteiger partial charge in [-0.25, -0.2) is 9.97 Å². The van der Waals surface area contributed by atoms with Crippen molar-refractivity contribution < 1.29 is 4.79 Å². The first-order valence-electron chi connectivity index (χ1n) is 7.40. The molecule has 118 valence electrons. The SMILES string of the molecule is Cc1cccc(Cc2cnc(NC(=O)[C@@H](C)n3ccnc3)s2)c1. The van der Waals surface area contributed by atoms with E-state index in [0.717, 1.165) is 11.3 Å². The Morgan fingerprint density at radius 1 is 1.43 bits per heavy atom. The average Bonchev–Trinajstić information content (AvgIpc) is 3.18. The lowest BCUT2D eigenvalue weighted by atomic mass is 10.1. The van der Waals surface area contributed by atoms with Gasteiger partial charge in [0.2, 0.25) is 5.91 Å². The number of nitrogens with one attached hydrogen (secondary N) is 1. The lowest BCUT2D eigenvalue weighted by molar-refractivity contribution is -0.118. The monoisotopic (exact) mass is 326 g/mol. The van der Waals surface area contributed by atoms with Crippen LogP contribution in [0.15, 0.2) is 49.2 Å². The summed E-state index contributed by atoms with van der Waals surface area (Å²) in [6.07, 6.45) is 7.72. The molecule has 0 saturated heterocycles. The van der Waals surface area contributed by atoms with Crippen LogP contribution in [0, 0.1) is 6.92 Å². The fourth-order valence-electron chi connectivity index (χ4n) is 2.31. The highest BCUT2D eigenvalue weighted by Gasteiger charge is 2.15. The van der Waals surface area contributed by atoms with E-state index in [2.05, 4.69) is 46.5 Å². The van der Waals surface area contributed by atoms with Gasteiger partial charge >= 0.3 is 0 Å². The van der Waals surface area contributed by atoms with Crippen LogP contribution >= 0.6 is 11.3 Å². The molecule has 1 atom stereocenters. The van der Waals surface area contributed by atoms with Crippen LogP contribution in [0.2, 0.25) is 0 Å². The Hall–Kier alpha value is -2.47. The number of hydrogen-bond donors (Lipinski definition) is 1. The van der Waals surface area contributed by atoms with Crippen molar-refractivity contribution >= 4 is 22.4 Å². The molecule has 0 unspecified atom stereocenters. The third-order valence-electron chi connectivity index (χ3n) is 3.60. The molecular weight excluding hydrogens is 308 g/mol. The molecule has 1 amide bonds. The first kappa shape index (κ1) is 15.4. The Bertz CT molecular complexity index is 795. The van der Waals surface area contributed by atoms with Gasteiger partial charge in [-0.15, -0.1) is 11.3 Å². The normalized spacial score (nSPS) is 12.1. The maximum absolute atomic E-state index is 12.2. The second-order valence-corrected chi connectivity index (χ2v) is 6.59. The number of carbonyl (C=O) groups excluding carboxylic acids is 1. The molecule has 1 aromatic carbocycles. The molecule has 0 bridgehead atoms. The number of nitrogens with zero attached hydrogens (tertiary/aromatic N) is 3. The highest BCUT2D eigenvalue weighted by Crippen LogP contribution is 2.22. The van der Waals surface area contributed by atoms with Gasteiger partial charge in [-0.1, -0.05) is 29.8 Å². The van der Waals surface area contributed by atoms with E-state index in [-0.39, 0.29) is 11.9 Å². The van der Waals surface area contributed by atoms with E-state index in [1.54, 1.807) is 23.3 Å². The third kappa shape index (κ3) is 3.84. The van der Waals surface area contributed by atoms with E-state index < -0.39 is 0 Å². The van der Waals surface area contributed by atoms with Crippen molar-refractivity contribution in [2.24, 2.45) is 0 Å². The number of thiazole rings is 1. The summed E-state index contributed by atoms with van der Waals surface area (Å²) >= 11 is 1.51. The minimum Gasteiger partial charge on any atom is -0.325 e. The fourth-order valence-corrected chi connectivity index (χ4v) is 3.16. The van der Waals surface area contributed by atoms with E-state index in [0.29, 0.717) is 5.13 Å². The molecule has 3 aromatic rings. The summed E-state index contributed by atoms with van der Waals surface area (Å²) < 4.78 is 1.76. The van der Waals surface area contributed by atoms with Crippen LogP contribution in [0.1, 0.15) is 29.0 Å². The largest absolute Gasteiger partial charge is 0.325 e. The molecule has 2 heterocycles. The van der Waals surface area contributed by atoms with Gasteiger partial charge in [0.25, 0.3) is 0 Å². The van der Waals surface area contributed by atoms with Crippen molar-refractivity contribution in [3.63, 3.8) is 0 Å². The molecule has 0 aliphatic carbocycles. The van der Waals surface area contributed by atoms with E-state index in [1.807, 2.05) is 13.1 Å². The lowest BCUT2D eigenvalue weighted by Crippen LogP contribution is -2.22. The number of aryl methyl sites for hydroxylation is 1. The van der Waals surface area contributed by atoms with Crippen LogP contribution in [0.4, 0.5) is 5.13 Å². The summed E-state index contributed by atoms with van der Waals surface area (Å²) in [5.41, 5.74) is 2.49. The van der Waals surface area contributed by atoms with Crippen molar-refractivity contribution in [2.75, 3.05) is 5.32 Å². The van der Waals surface area contributed by atoms with Gasteiger partial charge in [-0.3, -0.25) is 4.79 Å². The Morgan fingerprint density at radius 3 is 3.04 bits per heavy atom. The molecule has 1 N–H and O–H groups in total. The molecule has 2 aromatic heterocycles. The maximum atomic E-state index is 12.2. The van der Waals surface area contributed by atoms with Crippen LogP contribution in [-0.4, -0.2) is 20.4 Å². The van der Waals surface area contributed by atoms with E-state index in [4.69, 9.17) is 0 Å². The van der Waals surface area contributed by atoms with E-state index in [1.165, 1.54) is 22.5 Å². The summed E-state index contributed by atoms with van der Waals surface area (Å²) in [6, 6.07) is 8.09. The molecular formula is C17H18N4OS. The Kier molecular flexibility index (Phi) is 4.52. The number of imidazole rings is 1. The van der Waals surface area contributed by atoms with Gasteiger partial charge < -0.3 is 9.88 Å². The van der Waals surface area contributed by atoms with Crippen molar-refractivity contribution in [3.8, 4) is 0 Å². The fraction of sp³-hybridized carbons (Fsp3) is 0.235. The number of benzene rings is 1. The van der Waals surface area contributed by atoms with Gasteiger partial charge in [0.1, 0.15) is 6.04 Å². The van der Waals surface area contributed by atoms with Crippen LogP contribution in [0.5, 0.6) is 0 Å². The minimum atomic E-state index is -0.318. The average molecular weight is 326 g/mol. The van der Waals surface area contributed by atoms with E-state index >= 15 is 0 Å². The zero-order valence-electron chi connectivity index (χ0n) is 13.1. The highest BCUT2D eigenvalue weighted by atomic mass is 32.1. The van der Waals surface area contributed by atoms with Crippen LogP contribution in [0.3, 0.4) is 0 Å². The predicted octanol–water partition coefficient (Wildman–Crippen LogP) is 3.44. The second kappa shape index (κ2) is 6.75. The van der Waals surface area contributed by atoms with Crippen LogP contribution in [-0.2, 0) is 11.2 Å². The molecule has 5 nitrogen and oxygen atoms in total. The van der Waals surface area contributed by atoms with Gasteiger partial charge in [0, 0.05) is 29.9 Å². The smallest absolute Gasteiger partial charge is 0.248 e. The molecule has 0 fully saturated rings. The molecule has 23 heavy (non-hydrogen) atoms. The first-order chi connectivity index (χ1) is 11.1. The predicted molar refractivity (Wildman–Crippen MR) is 91.7 cm³/mol. The number of rotatable bonds is 5. The van der Waals surface area contributed by atoms with E-state index in [9.17, 15) is 4.79 Å². The topological polar surface area (TPSA) is 59.8 Å².